The second-order valence-electron chi connectivity index (χ2n) is 4.67. The lowest BCUT2D eigenvalue weighted by Gasteiger charge is -2.35. The number of aliphatic carboxylic acids is 1. The Labute approximate surface area is 111 Å². The molecule has 0 radical (unpaired) electrons. The van der Waals surface area contributed by atoms with Gasteiger partial charge in [0.15, 0.2) is 0 Å². The SMILES string of the molecule is CCC1OCCC1C(=O)N1CCSCC1C(=O)O. The van der Waals surface area contributed by atoms with E-state index >= 15 is 0 Å². The molecule has 102 valence electrons. The summed E-state index contributed by atoms with van der Waals surface area (Å²) in [5.41, 5.74) is 0. The first kappa shape index (κ1) is 13.7. The second kappa shape index (κ2) is 5.93. The highest BCUT2D eigenvalue weighted by atomic mass is 32.2. The Morgan fingerprint density at radius 2 is 2.28 bits per heavy atom. The van der Waals surface area contributed by atoms with Gasteiger partial charge >= 0.3 is 5.97 Å². The number of thioether (sulfide) groups is 1. The molecule has 0 spiro atoms. The molecule has 2 aliphatic rings. The quantitative estimate of drug-likeness (QED) is 0.825. The molecule has 0 aromatic rings. The summed E-state index contributed by atoms with van der Waals surface area (Å²) in [7, 11) is 0. The maximum absolute atomic E-state index is 12.5. The molecular formula is C12H19NO4S. The molecule has 3 unspecified atom stereocenters. The minimum absolute atomic E-state index is 0.0351. The Bertz CT molecular complexity index is 336. The van der Waals surface area contributed by atoms with Crippen molar-refractivity contribution >= 4 is 23.6 Å². The van der Waals surface area contributed by atoms with Crippen molar-refractivity contribution in [1.29, 1.82) is 0 Å². The van der Waals surface area contributed by atoms with Crippen molar-refractivity contribution in [3.05, 3.63) is 0 Å². The lowest BCUT2D eigenvalue weighted by Crippen LogP contribution is -2.53. The summed E-state index contributed by atoms with van der Waals surface area (Å²) >= 11 is 1.60. The summed E-state index contributed by atoms with van der Waals surface area (Å²) < 4.78 is 5.52. The molecule has 3 atom stereocenters. The fraction of sp³-hybridized carbons (Fsp3) is 0.833. The third-order valence-electron chi connectivity index (χ3n) is 3.63. The van der Waals surface area contributed by atoms with Gasteiger partial charge in [0, 0.05) is 24.7 Å². The first-order valence-corrected chi connectivity index (χ1v) is 7.53. The van der Waals surface area contributed by atoms with Crippen molar-refractivity contribution in [3.8, 4) is 0 Å². The van der Waals surface area contributed by atoms with E-state index in [-0.39, 0.29) is 17.9 Å². The van der Waals surface area contributed by atoms with Crippen LogP contribution in [0.25, 0.3) is 0 Å². The zero-order chi connectivity index (χ0) is 13.1. The lowest BCUT2D eigenvalue weighted by molar-refractivity contribution is -0.151. The highest BCUT2D eigenvalue weighted by molar-refractivity contribution is 7.99. The Morgan fingerprint density at radius 3 is 2.94 bits per heavy atom. The Hall–Kier alpha value is -0.750. The summed E-state index contributed by atoms with van der Waals surface area (Å²) in [6, 6.07) is -0.672. The molecule has 1 N–H and O–H groups in total. The van der Waals surface area contributed by atoms with E-state index in [1.807, 2.05) is 6.92 Å². The summed E-state index contributed by atoms with van der Waals surface area (Å²) in [6.45, 7) is 3.14. The summed E-state index contributed by atoms with van der Waals surface area (Å²) in [5, 5.41) is 9.18. The highest BCUT2D eigenvalue weighted by Gasteiger charge is 2.40. The van der Waals surface area contributed by atoms with Gasteiger partial charge in [-0.15, -0.1) is 0 Å². The van der Waals surface area contributed by atoms with E-state index in [1.54, 1.807) is 16.7 Å². The Balaban J connectivity index is 2.08. The molecule has 0 aromatic carbocycles. The largest absolute Gasteiger partial charge is 0.480 e. The minimum Gasteiger partial charge on any atom is -0.480 e. The number of hydrogen-bond acceptors (Lipinski definition) is 4. The number of carboxylic acid groups (broad SMARTS) is 1. The summed E-state index contributed by atoms with van der Waals surface area (Å²) in [4.78, 5) is 25.2. The smallest absolute Gasteiger partial charge is 0.327 e. The molecule has 0 bridgehead atoms. The van der Waals surface area contributed by atoms with Gasteiger partial charge < -0.3 is 14.7 Å². The van der Waals surface area contributed by atoms with Gasteiger partial charge in [-0.3, -0.25) is 4.79 Å². The molecule has 0 aromatic heterocycles. The van der Waals surface area contributed by atoms with E-state index in [0.29, 0.717) is 25.3 Å². The molecule has 0 saturated carbocycles. The average molecular weight is 273 g/mol. The van der Waals surface area contributed by atoms with Crippen molar-refractivity contribution in [2.24, 2.45) is 5.92 Å². The van der Waals surface area contributed by atoms with Crippen molar-refractivity contribution in [3.63, 3.8) is 0 Å². The maximum Gasteiger partial charge on any atom is 0.327 e. The van der Waals surface area contributed by atoms with Crippen LogP contribution in [-0.2, 0) is 14.3 Å². The minimum atomic E-state index is -0.900. The van der Waals surface area contributed by atoms with Crippen molar-refractivity contribution in [2.45, 2.75) is 31.9 Å². The number of carboxylic acids is 1. The number of hydrogen-bond donors (Lipinski definition) is 1. The van der Waals surface area contributed by atoms with Crippen LogP contribution >= 0.6 is 11.8 Å². The number of ether oxygens (including phenoxy) is 1. The number of carbonyl (C=O) groups is 2. The van der Waals surface area contributed by atoms with E-state index in [1.165, 1.54) is 0 Å². The van der Waals surface area contributed by atoms with Crippen LogP contribution in [0.3, 0.4) is 0 Å². The Morgan fingerprint density at radius 1 is 1.50 bits per heavy atom. The molecule has 5 nitrogen and oxygen atoms in total. The average Bonchev–Trinajstić information content (AvgIpc) is 2.86. The first-order valence-electron chi connectivity index (χ1n) is 6.37. The van der Waals surface area contributed by atoms with Crippen LogP contribution in [-0.4, -0.2) is 58.7 Å². The molecule has 2 saturated heterocycles. The van der Waals surface area contributed by atoms with Gasteiger partial charge in [0.2, 0.25) is 5.91 Å². The zero-order valence-corrected chi connectivity index (χ0v) is 11.3. The molecule has 2 heterocycles. The van der Waals surface area contributed by atoms with Crippen molar-refractivity contribution in [1.82, 2.24) is 4.90 Å². The van der Waals surface area contributed by atoms with Crippen LogP contribution < -0.4 is 0 Å². The van der Waals surface area contributed by atoms with Gasteiger partial charge in [0.25, 0.3) is 0 Å². The predicted molar refractivity (Wildman–Crippen MR) is 68.6 cm³/mol. The molecule has 0 aliphatic carbocycles. The van der Waals surface area contributed by atoms with E-state index in [4.69, 9.17) is 4.74 Å². The molecule has 2 aliphatic heterocycles. The van der Waals surface area contributed by atoms with Crippen molar-refractivity contribution in [2.75, 3.05) is 24.7 Å². The summed E-state index contributed by atoms with van der Waals surface area (Å²) in [6.07, 6.45) is 1.48. The van der Waals surface area contributed by atoms with E-state index in [9.17, 15) is 14.7 Å². The van der Waals surface area contributed by atoms with Gasteiger partial charge in [-0.05, 0) is 12.8 Å². The van der Waals surface area contributed by atoms with E-state index in [2.05, 4.69) is 0 Å². The van der Waals surface area contributed by atoms with E-state index < -0.39 is 12.0 Å². The van der Waals surface area contributed by atoms with Gasteiger partial charge in [-0.2, -0.15) is 11.8 Å². The number of amides is 1. The van der Waals surface area contributed by atoms with Gasteiger partial charge in [0.05, 0.1) is 12.0 Å². The number of rotatable bonds is 3. The predicted octanol–water partition coefficient (Wildman–Crippen LogP) is 0.830. The lowest BCUT2D eigenvalue weighted by atomic mass is 9.97. The van der Waals surface area contributed by atoms with Crippen LogP contribution in [0.1, 0.15) is 19.8 Å². The van der Waals surface area contributed by atoms with Crippen LogP contribution in [0, 0.1) is 5.92 Å². The number of carbonyl (C=O) groups excluding carboxylic acids is 1. The van der Waals surface area contributed by atoms with Crippen LogP contribution in [0.15, 0.2) is 0 Å². The monoisotopic (exact) mass is 273 g/mol. The topological polar surface area (TPSA) is 66.8 Å². The summed E-state index contributed by atoms with van der Waals surface area (Å²) in [5.74, 6) is 0.222. The zero-order valence-electron chi connectivity index (χ0n) is 10.5. The molecule has 6 heteroatoms. The molecule has 2 fully saturated rings. The van der Waals surface area contributed by atoms with Gasteiger partial charge in [-0.1, -0.05) is 6.92 Å². The first-order chi connectivity index (χ1) is 8.65. The molecule has 18 heavy (non-hydrogen) atoms. The second-order valence-corrected chi connectivity index (χ2v) is 5.82. The van der Waals surface area contributed by atoms with Crippen LogP contribution in [0.4, 0.5) is 0 Å². The van der Waals surface area contributed by atoms with E-state index in [0.717, 1.165) is 12.2 Å². The molecule has 1 amide bonds. The Kier molecular flexibility index (Phi) is 4.50. The van der Waals surface area contributed by atoms with Crippen molar-refractivity contribution < 1.29 is 19.4 Å². The third-order valence-corrected chi connectivity index (χ3v) is 4.65. The third kappa shape index (κ3) is 2.64. The van der Waals surface area contributed by atoms with Gasteiger partial charge in [-0.25, -0.2) is 4.79 Å². The molecular weight excluding hydrogens is 254 g/mol. The fourth-order valence-corrected chi connectivity index (χ4v) is 3.66. The van der Waals surface area contributed by atoms with Crippen LogP contribution in [0.5, 0.6) is 0 Å². The maximum atomic E-state index is 12.5. The number of nitrogens with zero attached hydrogens (tertiary/aromatic N) is 1. The normalized spacial score (nSPS) is 32.5. The molecule has 2 rings (SSSR count). The van der Waals surface area contributed by atoms with Gasteiger partial charge in [0.1, 0.15) is 6.04 Å². The van der Waals surface area contributed by atoms with Crippen LogP contribution in [0.2, 0.25) is 0 Å². The highest BCUT2D eigenvalue weighted by Crippen LogP contribution is 2.28. The fourth-order valence-electron chi connectivity index (χ4n) is 2.62. The standard InChI is InChI=1S/C12H19NO4S/c1-2-10-8(3-5-17-10)11(14)13-4-6-18-7-9(13)12(15)16/h8-10H,2-7H2,1H3,(H,15,16).